The second-order valence-electron chi connectivity index (χ2n) is 3.35. The zero-order chi connectivity index (χ0) is 11.0. The van der Waals surface area contributed by atoms with E-state index in [9.17, 15) is 4.79 Å². The molecule has 0 saturated heterocycles. The van der Waals surface area contributed by atoms with Crippen LogP contribution in [0.4, 0.5) is 0 Å². The molecule has 4 nitrogen and oxygen atoms in total. The van der Waals surface area contributed by atoms with E-state index in [2.05, 4.69) is 0 Å². The molecule has 0 aliphatic heterocycles. The predicted molar refractivity (Wildman–Crippen MR) is 55.0 cm³/mol. The van der Waals surface area contributed by atoms with E-state index in [1.165, 1.54) is 0 Å². The minimum absolute atomic E-state index is 0.0125. The molecule has 0 fully saturated rings. The zero-order valence-electron chi connectivity index (χ0n) is 9.32. The monoisotopic (exact) mass is 203 g/mol. The van der Waals surface area contributed by atoms with Gasteiger partial charge >= 0.3 is 0 Å². The van der Waals surface area contributed by atoms with Crippen LogP contribution in [0.15, 0.2) is 0 Å². The molecule has 1 N–H and O–H groups in total. The molecule has 0 aliphatic rings. The largest absolute Gasteiger partial charge is 0.395 e. The fraction of sp³-hybridized carbons (Fsp3) is 0.900. The van der Waals surface area contributed by atoms with E-state index in [4.69, 9.17) is 9.84 Å². The number of nitrogens with zero attached hydrogens (tertiary/aromatic N) is 1. The average molecular weight is 203 g/mol. The van der Waals surface area contributed by atoms with Gasteiger partial charge in [-0.25, -0.2) is 0 Å². The molecular weight excluding hydrogens is 182 g/mol. The molecule has 0 aromatic carbocycles. The van der Waals surface area contributed by atoms with E-state index < -0.39 is 0 Å². The third-order valence-electron chi connectivity index (χ3n) is 1.95. The maximum absolute atomic E-state index is 11.6. The van der Waals surface area contributed by atoms with Crippen molar-refractivity contribution in [3.8, 4) is 0 Å². The normalized spacial score (nSPS) is 10.6. The standard InChI is InChI=1S/C10H21NO3/c1-4-14-8-5-10(13)11(6-7-12)9(2)3/h9,12H,4-8H2,1-3H3. The first kappa shape index (κ1) is 13.4. The summed E-state index contributed by atoms with van der Waals surface area (Å²) in [7, 11) is 0. The number of ether oxygens (including phenoxy) is 1. The second kappa shape index (κ2) is 7.76. The molecule has 0 aromatic heterocycles. The Morgan fingerprint density at radius 3 is 2.57 bits per heavy atom. The highest BCUT2D eigenvalue weighted by atomic mass is 16.5. The summed E-state index contributed by atoms with van der Waals surface area (Å²) >= 11 is 0. The van der Waals surface area contributed by atoms with E-state index >= 15 is 0 Å². The van der Waals surface area contributed by atoms with Gasteiger partial charge in [0.25, 0.3) is 0 Å². The Morgan fingerprint density at radius 2 is 2.14 bits per heavy atom. The minimum Gasteiger partial charge on any atom is -0.395 e. The number of rotatable bonds is 7. The lowest BCUT2D eigenvalue weighted by atomic mass is 10.3. The number of carbonyl (C=O) groups is 1. The van der Waals surface area contributed by atoms with Gasteiger partial charge in [-0.15, -0.1) is 0 Å². The van der Waals surface area contributed by atoms with Crippen molar-refractivity contribution in [3.63, 3.8) is 0 Å². The van der Waals surface area contributed by atoms with E-state index in [1.807, 2.05) is 20.8 Å². The highest BCUT2D eigenvalue weighted by Crippen LogP contribution is 2.01. The van der Waals surface area contributed by atoms with Crippen molar-refractivity contribution in [1.82, 2.24) is 4.90 Å². The Kier molecular flexibility index (Phi) is 7.42. The minimum atomic E-state index is 0.0125. The van der Waals surface area contributed by atoms with Crippen LogP contribution in [0.2, 0.25) is 0 Å². The molecule has 1 amide bonds. The fourth-order valence-electron chi connectivity index (χ4n) is 1.23. The van der Waals surface area contributed by atoms with Gasteiger partial charge in [0.15, 0.2) is 0 Å². The van der Waals surface area contributed by atoms with Crippen molar-refractivity contribution in [2.24, 2.45) is 0 Å². The lowest BCUT2D eigenvalue weighted by molar-refractivity contribution is -0.134. The molecule has 0 unspecified atom stereocenters. The van der Waals surface area contributed by atoms with Crippen LogP contribution < -0.4 is 0 Å². The first-order valence-electron chi connectivity index (χ1n) is 5.11. The molecule has 0 radical (unpaired) electrons. The number of aliphatic hydroxyl groups excluding tert-OH is 1. The van der Waals surface area contributed by atoms with Crippen molar-refractivity contribution < 1.29 is 14.6 Å². The molecule has 0 atom stereocenters. The van der Waals surface area contributed by atoms with Crippen molar-refractivity contribution in [3.05, 3.63) is 0 Å². The fourth-order valence-corrected chi connectivity index (χ4v) is 1.23. The van der Waals surface area contributed by atoms with Gasteiger partial charge in [-0.1, -0.05) is 0 Å². The summed E-state index contributed by atoms with van der Waals surface area (Å²) in [6.45, 7) is 7.29. The van der Waals surface area contributed by atoms with E-state index in [1.54, 1.807) is 4.90 Å². The summed E-state index contributed by atoms with van der Waals surface area (Å²) in [4.78, 5) is 13.2. The average Bonchev–Trinajstić information content (AvgIpc) is 2.13. The maximum Gasteiger partial charge on any atom is 0.225 e. The molecule has 14 heavy (non-hydrogen) atoms. The number of hydrogen-bond donors (Lipinski definition) is 1. The van der Waals surface area contributed by atoms with Gasteiger partial charge < -0.3 is 14.7 Å². The van der Waals surface area contributed by atoms with Crippen LogP contribution >= 0.6 is 0 Å². The highest BCUT2D eigenvalue weighted by molar-refractivity contribution is 5.76. The van der Waals surface area contributed by atoms with Gasteiger partial charge in [-0.05, 0) is 20.8 Å². The predicted octanol–water partition coefficient (Wildman–Crippen LogP) is 0.642. The van der Waals surface area contributed by atoms with Crippen LogP contribution in [-0.2, 0) is 9.53 Å². The number of amides is 1. The zero-order valence-corrected chi connectivity index (χ0v) is 9.32. The third-order valence-corrected chi connectivity index (χ3v) is 1.95. The molecule has 0 heterocycles. The molecule has 0 spiro atoms. The van der Waals surface area contributed by atoms with Crippen LogP contribution in [0, 0.1) is 0 Å². The first-order valence-corrected chi connectivity index (χ1v) is 5.11. The van der Waals surface area contributed by atoms with E-state index in [0.29, 0.717) is 26.2 Å². The number of hydrogen-bond acceptors (Lipinski definition) is 3. The van der Waals surface area contributed by atoms with Gasteiger partial charge in [0.2, 0.25) is 5.91 Å². The molecule has 0 rings (SSSR count). The smallest absolute Gasteiger partial charge is 0.225 e. The van der Waals surface area contributed by atoms with Gasteiger partial charge in [-0.3, -0.25) is 4.79 Å². The van der Waals surface area contributed by atoms with Crippen LogP contribution in [0.5, 0.6) is 0 Å². The summed E-state index contributed by atoms with van der Waals surface area (Å²) in [5, 5.41) is 8.78. The van der Waals surface area contributed by atoms with Crippen LogP contribution in [0.1, 0.15) is 27.2 Å². The molecule has 0 aromatic rings. The Labute approximate surface area is 85.9 Å². The van der Waals surface area contributed by atoms with Gasteiger partial charge in [0, 0.05) is 19.2 Å². The van der Waals surface area contributed by atoms with E-state index in [0.717, 1.165) is 0 Å². The van der Waals surface area contributed by atoms with Crippen molar-refractivity contribution >= 4 is 5.91 Å². The molecular formula is C10H21NO3. The lowest BCUT2D eigenvalue weighted by Crippen LogP contribution is -2.39. The number of aliphatic hydroxyl groups is 1. The van der Waals surface area contributed by atoms with Gasteiger partial charge in [0.05, 0.1) is 19.6 Å². The maximum atomic E-state index is 11.6. The van der Waals surface area contributed by atoms with Crippen LogP contribution in [0.3, 0.4) is 0 Å². The SMILES string of the molecule is CCOCCC(=O)N(CCO)C(C)C. The van der Waals surface area contributed by atoms with Gasteiger partial charge in [0.1, 0.15) is 0 Å². The second-order valence-corrected chi connectivity index (χ2v) is 3.35. The summed E-state index contributed by atoms with van der Waals surface area (Å²) in [6.07, 6.45) is 0.395. The lowest BCUT2D eigenvalue weighted by Gasteiger charge is -2.25. The summed E-state index contributed by atoms with van der Waals surface area (Å²) in [5.74, 6) is 0.0440. The highest BCUT2D eigenvalue weighted by Gasteiger charge is 2.15. The summed E-state index contributed by atoms with van der Waals surface area (Å²) < 4.78 is 5.10. The molecule has 4 heteroatoms. The quantitative estimate of drug-likeness (QED) is 0.618. The van der Waals surface area contributed by atoms with E-state index in [-0.39, 0.29) is 18.6 Å². The van der Waals surface area contributed by atoms with Crippen molar-refractivity contribution in [2.75, 3.05) is 26.4 Å². The number of carbonyl (C=O) groups excluding carboxylic acids is 1. The Morgan fingerprint density at radius 1 is 1.50 bits per heavy atom. The molecule has 0 aliphatic carbocycles. The van der Waals surface area contributed by atoms with Gasteiger partial charge in [-0.2, -0.15) is 0 Å². The van der Waals surface area contributed by atoms with Crippen LogP contribution in [-0.4, -0.2) is 48.3 Å². The first-order chi connectivity index (χ1) is 6.63. The molecule has 0 saturated carbocycles. The van der Waals surface area contributed by atoms with Crippen molar-refractivity contribution in [2.45, 2.75) is 33.2 Å². The molecule has 0 bridgehead atoms. The Balaban J connectivity index is 3.89. The Hall–Kier alpha value is -0.610. The Bertz CT molecular complexity index is 159. The molecule has 84 valence electrons. The summed E-state index contributed by atoms with van der Waals surface area (Å²) in [6, 6.07) is 0.135. The van der Waals surface area contributed by atoms with Crippen molar-refractivity contribution in [1.29, 1.82) is 0 Å². The van der Waals surface area contributed by atoms with Crippen LogP contribution in [0.25, 0.3) is 0 Å². The summed E-state index contributed by atoms with van der Waals surface area (Å²) in [5.41, 5.74) is 0. The third kappa shape index (κ3) is 5.19. The topological polar surface area (TPSA) is 49.8 Å².